The van der Waals surface area contributed by atoms with E-state index in [0.29, 0.717) is 22.2 Å². The molecule has 0 aliphatic heterocycles. The van der Waals surface area contributed by atoms with Crippen molar-refractivity contribution in [2.45, 2.75) is 17.4 Å². The van der Waals surface area contributed by atoms with Crippen LogP contribution in [0.15, 0.2) is 51.8 Å². The van der Waals surface area contributed by atoms with Gasteiger partial charge in [-0.15, -0.1) is 11.8 Å². The molecule has 1 nitrogen and oxygen atoms in total. The number of hydrogen-bond acceptors (Lipinski definition) is 2. The Morgan fingerprint density at radius 2 is 1.75 bits per heavy atom. The number of halogens is 3. The van der Waals surface area contributed by atoms with Crippen molar-refractivity contribution in [3.8, 4) is 0 Å². The van der Waals surface area contributed by atoms with Gasteiger partial charge in [-0.05, 0) is 35.9 Å². The van der Waals surface area contributed by atoms with Gasteiger partial charge >= 0.3 is 0 Å². The summed E-state index contributed by atoms with van der Waals surface area (Å²) in [5.74, 6) is 0.595. The molecule has 2 aromatic rings. The lowest BCUT2D eigenvalue weighted by Gasteiger charge is -2.13. The fourth-order valence-electron chi connectivity index (χ4n) is 1.77. The van der Waals surface area contributed by atoms with Crippen LogP contribution in [0, 0.1) is 0 Å². The van der Waals surface area contributed by atoms with Crippen LogP contribution in [0.25, 0.3) is 0 Å². The Morgan fingerprint density at radius 1 is 1.10 bits per heavy atom. The summed E-state index contributed by atoms with van der Waals surface area (Å²) in [6.07, 6.45) is -0.0316. The minimum atomic E-state index is -0.489. The van der Waals surface area contributed by atoms with E-state index in [1.165, 1.54) is 0 Å². The SMILES string of the molecule is OC(CSc1cccc(Br)c1)Cc1c(Cl)cccc1Cl. The summed E-state index contributed by atoms with van der Waals surface area (Å²) in [7, 11) is 0. The smallest absolute Gasteiger partial charge is 0.0675 e. The van der Waals surface area contributed by atoms with Gasteiger partial charge in [-0.25, -0.2) is 0 Å². The Balaban J connectivity index is 1.94. The molecule has 106 valence electrons. The zero-order chi connectivity index (χ0) is 14.5. The number of rotatable bonds is 5. The molecule has 0 saturated carbocycles. The highest BCUT2D eigenvalue weighted by Crippen LogP contribution is 2.27. The second-order valence-corrected chi connectivity index (χ2v) is 7.15. The predicted octanol–water partition coefficient (Wildman–Crippen LogP) is 5.45. The van der Waals surface area contributed by atoms with Crippen molar-refractivity contribution in [3.63, 3.8) is 0 Å². The molecule has 0 aliphatic rings. The van der Waals surface area contributed by atoms with Crippen molar-refractivity contribution in [1.82, 2.24) is 0 Å². The van der Waals surface area contributed by atoms with E-state index in [2.05, 4.69) is 15.9 Å². The van der Waals surface area contributed by atoms with Gasteiger partial charge in [0.25, 0.3) is 0 Å². The van der Waals surface area contributed by atoms with Crippen LogP contribution in [0.1, 0.15) is 5.56 Å². The van der Waals surface area contributed by atoms with Gasteiger partial charge in [0.1, 0.15) is 0 Å². The molecule has 0 fully saturated rings. The predicted molar refractivity (Wildman–Crippen MR) is 91.0 cm³/mol. The van der Waals surface area contributed by atoms with Gasteiger partial charge < -0.3 is 5.11 Å². The average Bonchev–Trinajstić information content (AvgIpc) is 2.41. The fraction of sp³-hybridized carbons (Fsp3) is 0.200. The molecule has 2 rings (SSSR count). The zero-order valence-electron chi connectivity index (χ0n) is 10.5. The topological polar surface area (TPSA) is 20.2 Å². The molecule has 1 atom stereocenters. The maximum absolute atomic E-state index is 10.1. The first-order chi connectivity index (χ1) is 9.56. The van der Waals surface area contributed by atoms with Gasteiger partial charge in [0.2, 0.25) is 0 Å². The van der Waals surface area contributed by atoms with Crippen LogP contribution < -0.4 is 0 Å². The number of benzene rings is 2. The molecule has 0 aliphatic carbocycles. The average molecular weight is 392 g/mol. The van der Waals surface area contributed by atoms with Crippen molar-refractivity contribution in [2.75, 3.05) is 5.75 Å². The van der Waals surface area contributed by atoms with E-state index in [9.17, 15) is 5.11 Å². The van der Waals surface area contributed by atoms with Crippen LogP contribution in [0.4, 0.5) is 0 Å². The number of thioether (sulfide) groups is 1. The van der Waals surface area contributed by atoms with Gasteiger partial charge in [0.05, 0.1) is 6.10 Å². The number of hydrogen-bond donors (Lipinski definition) is 1. The molecule has 5 heteroatoms. The van der Waals surface area contributed by atoms with Crippen LogP contribution in [0.3, 0.4) is 0 Å². The van der Waals surface area contributed by atoms with E-state index in [4.69, 9.17) is 23.2 Å². The Bertz CT molecular complexity index is 572. The van der Waals surface area contributed by atoms with Crippen molar-refractivity contribution in [2.24, 2.45) is 0 Å². The maximum atomic E-state index is 10.1. The number of aliphatic hydroxyl groups excluding tert-OH is 1. The van der Waals surface area contributed by atoms with Crippen molar-refractivity contribution < 1.29 is 5.11 Å². The first-order valence-electron chi connectivity index (χ1n) is 6.05. The Labute approximate surface area is 141 Å². The molecular weight excluding hydrogens is 379 g/mol. The molecule has 0 spiro atoms. The minimum absolute atomic E-state index is 0.458. The highest BCUT2D eigenvalue weighted by Gasteiger charge is 2.12. The molecule has 1 unspecified atom stereocenters. The highest BCUT2D eigenvalue weighted by atomic mass is 79.9. The van der Waals surface area contributed by atoms with Crippen LogP contribution in [0.5, 0.6) is 0 Å². The third-order valence-corrected chi connectivity index (χ3v) is 5.08. The first-order valence-corrected chi connectivity index (χ1v) is 8.59. The second kappa shape index (κ2) is 7.71. The molecule has 20 heavy (non-hydrogen) atoms. The molecule has 2 aromatic carbocycles. The normalized spacial score (nSPS) is 12.4. The molecule has 0 bridgehead atoms. The lowest BCUT2D eigenvalue weighted by atomic mass is 10.1. The summed E-state index contributed by atoms with van der Waals surface area (Å²) in [6, 6.07) is 13.4. The van der Waals surface area contributed by atoms with E-state index >= 15 is 0 Å². The summed E-state index contributed by atoms with van der Waals surface area (Å²) in [5.41, 5.74) is 0.804. The van der Waals surface area contributed by atoms with Crippen molar-refractivity contribution >= 4 is 50.9 Å². The first kappa shape index (κ1) is 16.2. The summed E-state index contributed by atoms with van der Waals surface area (Å²) in [6.45, 7) is 0. The quantitative estimate of drug-likeness (QED) is 0.683. The Kier molecular flexibility index (Phi) is 6.24. The largest absolute Gasteiger partial charge is 0.392 e. The molecule has 0 amide bonds. The van der Waals surface area contributed by atoms with Gasteiger partial charge in [0, 0.05) is 31.6 Å². The summed E-state index contributed by atoms with van der Waals surface area (Å²) in [4.78, 5) is 1.11. The zero-order valence-corrected chi connectivity index (χ0v) is 14.4. The molecule has 0 radical (unpaired) electrons. The molecule has 0 heterocycles. The van der Waals surface area contributed by atoms with Gasteiger partial charge in [-0.1, -0.05) is 51.3 Å². The lowest BCUT2D eigenvalue weighted by molar-refractivity contribution is 0.200. The lowest BCUT2D eigenvalue weighted by Crippen LogP contribution is -2.14. The third kappa shape index (κ3) is 4.68. The van der Waals surface area contributed by atoms with Gasteiger partial charge in [-0.3, -0.25) is 0 Å². The summed E-state index contributed by atoms with van der Waals surface area (Å²) < 4.78 is 1.03. The second-order valence-electron chi connectivity index (χ2n) is 4.33. The van der Waals surface area contributed by atoms with Crippen LogP contribution in [-0.2, 0) is 6.42 Å². The van der Waals surface area contributed by atoms with Crippen molar-refractivity contribution in [3.05, 3.63) is 62.5 Å². The van der Waals surface area contributed by atoms with E-state index in [-0.39, 0.29) is 0 Å². The Hall–Kier alpha value is -0.190. The van der Waals surface area contributed by atoms with E-state index < -0.39 is 6.10 Å². The van der Waals surface area contributed by atoms with Crippen molar-refractivity contribution in [1.29, 1.82) is 0 Å². The van der Waals surface area contributed by atoms with Crippen LogP contribution in [0.2, 0.25) is 10.0 Å². The summed E-state index contributed by atoms with van der Waals surface area (Å²) >= 11 is 17.2. The standard InChI is InChI=1S/C15H13BrCl2OS/c16-10-3-1-4-12(7-10)20-9-11(19)8-13-14(17)5-2-6-15(13)18/h1-7,11,19H,8-9H2. The number of aliphatic hydroxyl groups is 1. The van der Waals surface area contributed by atoms with E-state index in [0.717, 1.165) is 14.9 Å². The molecule has 0 aromatic heterocycles. The maximum Gasteiger partial charge on any atom is 0.0675 e. The third-order valence-electron chi connectivity index (χ3n) is 2.74. The highest BCUT2D eigenvalue weighted by molar-refractivity contribution is 9.10. The van der Waals surface area contributed by atoms with Gasteiger partial charge in [-0.2, -0.15) is 0 Å². The van der Waals surface area contributed by atoms with Crippen LogP contribution in [-0.4, -0.2) is 17.0 Å². The fourth-order valence-corrected chi connectivity index (χ4v) is 3.76. The Morgan fingerprint density at radius 3 is 2.40 bits per heavy atom. The molecular formula is C15H13BrCl2OS. The monoisotopic (exact) mass is 390 g/mol. The molecule has 1 N–H and O–H groups in total. The minimum Gasteiger partial charge on any atom is -0.392 e. The molecule has 0 saturated heterocycles. The van der Waals surface area contributed by atoms with Crippen LogP contribution >= 0.6 is 50.9 Å². The van der Waals surface area contributed by atoms with E-state index in [1.54, 1.807) is 30.0 Å². The summed E-state index contributed by atoms with van der Waals surface area (Å²) in [5, 5.41) is 11.3. The van der Waals surface area contributed by atoms with E-state index in [1.807, 2.05) is 24.3 Å². The van der Waals surface area contributed by atoms with Gasteiger partial charge in [0.15, 0.2) is 0 Å².